The van der Waals surface area contributed by atoms with Crippen LogP contribution in [0, 0.1) is 13.8 Å². The maximum atomic E-state index is 13.7. The first-order valence-corrected chi connectivity index (χ1v) is 11.4. The van der Waals surface area contributed by atoms with E-state index in [1.54, 1.807) is 23.1 Å². The SMILES string of the molecule is CCOc1cccc(C2c3c(oc4cc(OC)ccc4c3=O)C(=O)N2c2nc(C)c(C)s2)c1. The summed E-state index contributed by atoms with van der Waals surface area (Å²) in [7, 11) is 1.54. The Labute approximate surface area is 194 Å². The van der Waals surface area contributed by atoms with Gasteiger partial charge in [-0.15, -0.1) is 11.3 Å². The van der Waals surface area contributed by atoms with Crippen molar-refractivity contribution in [2.75, 3.05) is 18.6 Å². The Morgan fingerprint density at radius 2 is 1.94 bits per heavy atom. The molecule has 8 heteroatoms. The van der Waals surface area contributed by atoms with Crippen molar-refractivity contribution in [3.05, 3.63) is 80.1 Å². The second-order valence-electron chi connectivity index (χ2n) is 7.76. The van der Waals surface area contributed by atoms with Crippen LogP contribution >= 0.6 is 11.3 Å². The molecule has 0 radical (unpaired) electrons. The zero-order valence-electron chi connectivity index (χ0n) is 18.7. The summed E-state index contributed by atoms with van der Waals surface area (Å²) >= 11 is 1.41. The second-order valence-corrected chi connectivity index (χ2v) is 8.94. The molecule has 3 heterocycles. The Morgan fingerprint density at radius 1 is 1.12 bits per heavy atom. The number of fused-ring (bicyclic) bond motifs is 2. The maximum Gasteiger partial charge on any atom is 0.297 e. The number of benzene rings is 2. The number of amides is 1. The number of thiazole rings is 1. The molecule has 2 aromatic heterocycles. The highest BCUT2D eigenvalue weighted by atomic mass is 32.1. The van der Waals surface area contributed by atoms with Crippen LogP contribution in [-0.2, 0) is 0 Å². The van der Waals surface area contributed by atoms with E-state index in [1.165, 1.54) is 18.4 Å². The Morgan fingerprint density at radius 3 is 2.64 bits per heavy atom. The van der Waals surface area contributed by atoms with Gasteiger partial charge in [-0.1, -0.05) is 12.1 Å². The van der Waals surface area contributed by atoms with Gasteiger partial charge in [-0.05, 0) is 50.6 Å². The van der Waals surface area contributed by atoms with Gasteiger partial charge in [0.1, 0.15) is 17.1 Å². The highest BCUT2D eigenvalue weighted by Gasteiger charge is 2.45. The number of nitrogens with zero attached hydrogens (tertiary/aromatic N) is 2. The maximum absolute atomic E-state index is 13.7. The fourth-order valence-corrected chi connectivity index (χ4v) is 5.03. The molecule has 0 fully saturated rings. The molecule has 1 amide bonds. The smallest absolute Gasteiger partial charge is 0.297 e. The summed E-state index contributed by atoms with van der Waals surface area (Å²) < 4.78 is 17.0. The quantitative estimate of drug-likeness (QED) is 0.414. The van der Waals surface area contributed by atoms with Crippen LogP contribution in [-0.4, -0.2) is 24.6 Å². The molecule has 1 atom stereocenters. The number of aromatic nitrogens is 1. The van der Waals surface area contributed by atoms with Crippen molar-refractivity contribution in [1.82, 2.24) is 4.98 Å². The zero-order chi connectivity index (χ0) is 23.3. The molecule has 0 aliphatic carbocycles. The standard InChI is InChI=1S/C25H22N2O5S/c1-5-31-17-8-6-7-15(11-17)21-20-22(28)18-10-9-16(30-4)12-19(18)32-23(20)24(29)27(21)25-26-13(2)14(3)33-25/h6-12,21H,5H2,1-4H3. The Hall–Kier alpha value is -3.65. The summed E-state index contributed by atoms with van der Waals surface area (Å²) in [5, 5.41) is 0.913. The lowest BCUT2D eigenvalue weighted by Crippen LogP contribution is -2.29. The van der Waals surface area contributed by atoms with E-state index < -0.39 is 11.9 Å². The lowest BCUT2D eigenvalue weighted by molar-refractivity contribution is 0.0971. The predicted molar refractivity (Wildman–Crippen MR) is 127 cm³/mol. The lowest BCUT2D eigenvalue weighted by atomic mass is 9.98. The molecule has 1 aliphatic rings. The van der Waals surface area contributed by atoms with E-state index >= 15 is 0 Å². The molecule has 0 bridgehead atoms. The molecule has 0 saturated heterocycles. The van der Waals surface area contributed by atoms with Crippen molar-refractivity contribution in [2.24, 2.45) is 0 Å². The van der Waals surface area contributed by atoms with Crippen molar-refractivity contribution in [2.45, 2.75) is 26.8 Å². The van der Waals surface area contributed by atoms with Crippen LogP contribution in [0.25, 0.3) is 11.0 Å². The molecule has 7 nitrogen and oxygen atoms in total. The van der Waals surface area contributed by atoms with Gasteiger partial charge >= 0.3 is 0 Å². The number of rotatable bonds is 5. The first-order valence-electron chi connectivity index (χ1n) is 10.6. The largest absolute Gasteiger partial charge is 0.497 e. The molecule has 0 spiro atoms. The minimum atomic E-state index is -0.680. The summed E-state index contributed by atoms with van der Waals surface area (Å²) in [6.45, 7) is 6.27. The highest BCUT2D eigenvalue weighted by molar-refractivity contribution is 7.15. The van der Waals surface area contributed by atoms with Crippen LogP contribution in [0.5, 0.6) is 11.5 Å². The number of hydrogen-bond donors (Lipinski definition) is 0. The van der Waals surface area contributed by atoms with Gasteiger partial charge in [0.15, 0.2) is 10.6 Å². The van der Waals surface area contributed by atoms with Crippen molar-refractivity contribution >= 4 is 33.3 Å². The van der Waals surface area contributed by atoms with Gasteiger partial charge in [0.2, 0.25) is 5.76 Å². The van der Waals surface area contributed by atoms with Crippen LogP contribution in [0.2, 0.25) is 0 Å². The number of methoxy groups -OCH3 is 1. The highest BCUT2D eigenvalue weighted by Crippen LogP contribution is 2.43. The van der Waals surface area contributed by atoms with Crippen molar-refractivity contribution in [3.63, 3.8) is 0 Å². The van der Waals surface area contributed by atoms with E-state index in [-0.39, 0.29) is 11.2 Å². The molecule has 0 N–H and O–H groups in total. The average molecular weight is 463 g/mol. The Kier molecular flexibility index (Phi) is 5.17. The van der Waals surface area contributed by atoms with Gasteiger partial charge in [0.25, 0.3) is 5.91 Å². The van der Waals surface area contributed by atoms with E-state index in [9.17, 15) is 9.59 Å². The molecular weight excluding hydrogens is 440 g/mol. The number of hydrogen-bond acceptors (Lipinski definition) is 7. The monoisotopic (exact) mass is 462 g/mol. The first-order chi connectivity index (χ1) is 15.9. The van der Waals surface area contributed by atoms with Gasteiger partial charge in [-0.2, -0.15) is 0 Å². The Bertz CT molecular complexity index is 1440. The third-order valence-electron chi connectivity index (χ3n) is 5.79. The molecule has 1 aliphatic heterocycles. The Balaban J connectivity index is 1.78. The predicted octanol–water partition coefficient (Wildman–Crippen LogP) is 5.02. The molecule has 5 rings (SSSR count). The number of carbonyl (C=O) groups is 1. The van der Waals surface area contributed by atoms with Gasteiger partial charge in [-0.3, -0.25) is 14.5 Å². The number of ether oxygens (including phenoxy) is 2. The summed E-state index contributed by atoms with van der Waals surface area (Å²) in [6.07, 6.45) is 0. The van der Waals surface area contributed by atoms with Gasteiger partial charge < -0.3 is 13.9 Å². The fraction of sp³-hybridized carbons (Fsp3) is 0.240. The van der Waals surface area contributed by atoms with Crippen molar-refractivity contribution in [1.29, 1.82) is 0 Å². The molecule has 0 saturated carbocycles. The third-order valence-corrected chi connectivity index (χ3v) is 6.86. The van der Waals surface area contributed by atoms with Crippen LogP contribution in [0.15, 0.2) is 51.7 Å². The average Bonchev–Trinajstić information content (AvgIpc) is 3.30. The van der Waals surface area contributed by atoms with E-state index in [0.29, 0.717) is 39.8 Å². The summed E-state index contributed by atoms with van der Waals surface area (Å²) in [5.74, 6) is 0.836. The van der Waals surface area contributed by atoms with Gasteiger partial charge in [0.05, 0.1) is 36.4 Å². The molecule has 1 unspecified atom stereocenters. The number of carbonyl (C=O) groups excluding carboxylic acids is 1. The summed E-state index contributed by atoms with van der Waals surface area (Å²) in [5.41, 5.74) is 1.95. The topological polar surface area (TPSA) is 81.9 Å². The van der Waals surface area contributed by atoms with E-state index in [0.717, 1.165) is 16.1 Å². The normalized spacial score (nSPS) is 15.2. The van der Waals surface area contributed by atoms with Gasteiger partial charge in [-0.25, -0.2) is 4.98 Å². The lowest BCUT2D eigenvalue weighted by Gasteiger charge is -2.23. The summed E-state index contributed by atoms with van der Waals surface area (Å²) in [6, 6.07) is 11.8. The molecule has 33 heavy (non-hydrogen) atoms. The van der Waals surface area contributed by atoms with Crippen molar-refractivity contribution in [3.8, 4) is 11.5 Å². The van der Waals surface area contributed by atoms with Crippen LogP contribution in [0.1, 0.15) is 45.2 Å². The van der Waals surface area contributed by atoms with Crippen LogP contribution < -0.4 is 19.8 Å². The molecule has 4 aromatic rings. The zero-order valence-corrected chi connectivity index (χ0v) is 19.5. The van der Waals surface area contributed by atoms with Crippen LogP contribution in [0.4, 0.5) is 5.13 Å². The van der Waals surface area contributed by atoms with E-state index in [1.807, 2.05) is 45.0 Å². The third kappa shape index (κ3) is 3.38. The number of anilines is 1. The first kappa shape index (κ1) is 21.2. The van der Waals surface area contributed by atoms with E-state index in [4.69, 9.17) is 13.9 Å². The van der Waals surface area contributed by atoms with E-state index in [2.05, 4.69) is 4.98 Å². The fourth-order valence-electron chi connectivity index (χ4n) is 4.09. The number of aryl methyl sites for hydroxylation is 2. The molecular formula is C25H22N2O5S. The minimum absolute atomic E-state index is 0.0260. The molecule has 168 valence electrons. The molecule has 2 aromatic carbocycles. The summed E-state index contributed by atoms with van der Waals surface area (Å²) in [4.78, 5) is 34.5. The second kappa shape index (κ2) is 8.04. The van der Waals surface area contributed by atoms with Crippen molar-refractivity contribution < 1.29 is 18.7 Å². The van der Waals surface area contributed by atoms with Gasteiger partial charge in [0, 0.05) is 10.9 Å². The van der Waals surface area contributed by atoms with Crippen LogP contribution in [0.3, 0.4) is 0 Å². The minimum Gasteiger partial charge on any atom is -0.497 e.